The van der Waals surface area contributed by atoms with Crippen LogP contribution in [0.5, 0.6) is 0 Å². The van der Waals surface area contributed by atoms with E-state index in [-0.39, 0.29) is 29.6 Å². The van der Waals surface area contributed by atoms with Crippen molar-refractivity contribution in [3.05, 3.63) is 68.9 Å². The third kappa shape index (κ3) is 4.32. The molecule has 1 aliphatic heterocycles. The van der Waals surface area contributed by atoms with Gasteiger partial charge in [0.2, 0.25) is 0 Å². The molecule has 3 aromatic rings. The Balaban J connectivity index is 0.00000225. The van der Waals surface area contributed by atoms with Gasteiger partial charge in [0.1, 0.15) is 11.3 Å². The Morgan fingerprint density at radius 2 is 2.00 bits per heavy atom. The summed E-state index contributed by atoms with van der Waals surface area (Å²) in [6, 6.07) is 10.1. The molecule has 1 unspecified atom stereocenters. The number of amides is 1. The fourth-order valence-corrected chi connectivity index (χ4v) is 3.82. The van der Waals surface area contributed by atoms with Crippen molar-refractivity contribution >= 4 is 45.2 Å². The van der Waals surface area contributed by atoms with E-state index < -0.39 is 5.91 Å². The van der Waals surface area contributed by atoms with Crippen molar-refractivity contribution in [2.24, 2.45) is 0 Å². The molecule has 1 N–H and O–H groups in total. The van der Waals surface area contributed by atoms with Gasteiger partial charge in [-0.3, -0.25) is 14.5 Å². The third-order valence-corrected chi connectivity index (χ3v) is 5.32. The molecule has 1 aromatic carbocycles. The van der Waals surface area contributed by atoms with Crippen molar-refractivity contribution < 1.29 is 13.6 Å². The van der Waals surface area contributed by atoms with Crippen molar-refractivity contribution in [3.8, 4) is 0 Å². The van der Waals surface area contributed by atoms with Crippen molar-refractivity contribution in [2.45, 2.75) is 18.9 Å². The molecule has 1 atom stereocenters. The Bertz CT molecular complexity index is 1010. The number of benzene rings is 1. The summed E-state index contributed by atoms with van der Waals surface area (Å²) >= 11 is 3.33. The number of carbonyl (C=O) groups is 1. The van der Waals surface area contributed by atoms with Gasteiger partial charge in [0.25, 0.3) is 5.91 Å². The van der Waals surface area contributed by atoms with Crippen LogP contribution in [0.3, 0.4) is 0 Å². The molecule has 1 aliphatic rings. The van der Waals surface area contributed by atoms with Gasteiger partial charge < -0.3 is 14.2 Å². The van der Waals surface area contributed by atoms with Crippen LogP contribution in [0, 0.1) is 0 Å². The average molecular weight is 468 g/mol. The van der Waals surface area contributed by atoms with Gasteiger partial charge in [0.05, 0.1) is 17.7 Å². The fourth-order valence-electron chi connectivity index (χ4n) is 3.46. The predicted molar refractivity (Wildman–Crippen MR) is 112 cm³/mol. The van der Waals surface area contributed by atoms with Crippen LogP contribution < -0.4 is 10.7 Å². The van der Waals surface area contributed by atoms with Gasteiger partial charge in [-0.05, 0) is 56.3 Å². The zero-order valence-electron chi connectivity index (χ0n) is 15.0. The van der Waals surface area contributed by atoms with Crippen LogP contribution in [-0.4, -0.2) is 30.4 Å². The Morgan fingerprint density at radius 1 is 1.21 bits per heavy atom. The van der Waals surface area contributed by atoms with E-state index in [0.717, 1.165) is 36.2 Å². The molecule has 0 spiro atoms. The van der Waals surface area contributed by atoms with Gasteiger partial charge in [0, 0.05) is 17.1 Å². The number of likely N-dealkylation sites (tertiary alicyclic amines) is 1. The highest BCUT2D eigenvalue weighted by atomic mass is 79.9. The smallest absolute Gasteiger partial charge is 0.287 e. The van der Waals surface area contributed by atoms with Gasteiger partial charge in [-0.2, -0.15) is 0 Å². The second-order valence-corrected chi connectivity index (χ2v) is 7.52. The number of furan rings is 1. The summed E-state index contributed by atoms with van der Waals surface area (Å²) in [5.41, 5.74) is 0.141. The van der Waals surface area contributed by atoms with Gasteiger partial charge in [0.15, 0.2) is 11.2 Å². The molecular weight excluding hydrogens is 448 g/mol. The lowest BCUT2D eigenvalue weighted by Crippen LogP contribution is -2.36. The van der Waals surface area contributed by atoms with Crippen LogP contribution in [-0.2, 0) is 0 Å². The first kappa shape index (κ1) is 20.6. The maximum Gasteiger partial charge on any atom is 0.287 e. The summed E-state index contributed by atoms with van der Waals surface area (Å²) in [7, 11) is 0. The molecule has 8 heteroatoms. The van der Waals surface area contributed by atoms with Crippen LogP contribution in [0.15, 0.2) is 60.8 Å². The number of carbonyl (C=O) groups excluding carboxylic acids is 1. The molecule has 4 rings (SSSR count). The van der Waals surface area contributed by atoms with Gasteiger partial charge in [-0.1, -0.05) is 15.9 Å². The zero-order valence-corrected chi connectivity index (χ0v) is 17.4. The van der Waals surface area contributed by atoms with Crippen molar-refractivity contribution in [1.29, 1.82) is 0 Å². The molecule has 1 fully saturated rings. The molecule has 1 amide bonds. The molecule has 0 aliphatic carbocycles. The van der Waals surface area contributed by atoms with E-state index in [9.17, 15) is 9.59 Å². The lowest BCUT2D eigenvalue weighted by molar-refractivity contribution is 0.0906. The number of rotatable bonds is 5. The summed E-state index contributed by atoms with van der Waals surface area (Å²) in [6.45, 7) is 2.33. The SMILES string of the molecule is Cl.O=C(NCC(c1ccco1)N1CCCC1)c1cc(=O)c2cc(Br)ccc2o1. The number of fused-ring (bicyclic) bond motifs is 1. The Morgan fingerprint density at radius 3 is 2.71 bits per heavy atom. The number of hydrogen-bond donors (Lipinski definition) is 1. The lowest BCUT2D eigenvalue weighted by Gasteiger charge is -2.25. The molecule has 0 radical (unpaired) electrons. The van der Waals surface area contributed by atoms with Gasteiger partial charge in [-0.25, -0.2) is 0 Å². The highest BCUT2D eigenvalue weighted by molar-refractivity contribution is 9.10. The van der Waals surface area contributed by atoms with Crippen LogP contribution in [0.25, 0.3) is 11.0 Å². The molecule has 3 heterocycles. The van der Waals surface area contributed by atoms with Crippen LogP contribution in [0.4, 0.5) is 0 Å². The quantitative estimate of drug-likeness (QED) is 0.610. The van der Waals surface area contributed by atoms with E-state index in [1.54, 1.807) is 24.5 Å². The van der Waals surface area contributed by atoms with Crippen molar-refractivity contribution in [3.63, 3.8) is 0 Å². The maximum absolute atomic E-state index is 12.6. The standard InChI is InChI=1S/C20H19BrN2O4.ClH/c21-13-5-6-17-14(10-13)16(24)11-19(27-17)20(25)22-12-15(18-4-3-9-26-18)23-7-1-2-8-23;/h3-6,9-11,15H,1-2,7-8,12H2,(H,22,25);1H. The monoisotopic (exact) mass is 466 g/mol. The summed E-state index contributed by atoms with van der Waals surface area (Å²) in [4.78, 5) is 27.2. The summed E-state index contributed by atoms with van der Waals surface area (Å²) in [5, 5.41) is 3.32. The van der Waals surface area contributed by atoms with Gasteiger partial charge in [-0.15, -0.1) is 12.4 Å². The topological polar surface area (TPSA) is 75.7 Å². The molecule has 0 bridgehead atoms. The van der Waals surface area contributed by atoms with Crippen LogP contribution in [0.1, 0.15) is 35.2 Å². The minimum atomic E-state index is -0.410. The average Bonchev–Trinajstić information content (AvgIpc) is 3.36. The Kier molecular flexibility index (Phi) is 6.59. The van der Waals surface area contributed by atoms with Crippen LogP contribution in [0.2, 0.25) is 0 Å². The largest absolute Gasteiger partial charge is 0.468 e. The first-order valence-electron chi connectivity index (χ1n) is 8.91. The lowest BCUT2D eigenvalue weighted by atomic mass is 10.2. The van der Waals surface area contributed by atoms with E-state index in [0.29, 0.717) is 17.5 Å². The van der Waals surface area contributed by atoms with E-state index in [2.05, 4.69) is 26.1 Å². The van der Waals surface area contributed by atoms with Crippen molar-refractivity contribution in [1.82, 2.24) is 10.2 Å². The molecule has 148 valence electrons. The fraction of sp³-hybridized carbons (Fsp3) is 0.300. The summed E-state index contributed by atoms with van der Waals surface area (Å²) < 4.78 is 12.0. The highest BCUT2D eigenvalue weighted by Crippen LogP contribution is 2.25. The molecule has 2 aromatic heterocycles. The van der Waals surface area contributed by atoms with Crippen LogP contribution >= 0.6 is 28.3 Å². The minimum Gasteiger partial charge on any atom is -0.468 e. The molecule has 6 nitrogen and oxygen atoms in total. The first-order chi connectivity index (χ1) is 13.1. The maximum atomic E-state index is 12.6. The first-order valence-corrected chi connectivity index (χ1v) is 9.70. The summed E-state index contributed by atoms with van der Waals surface area (Å²) in [5.74, 6) is 0.420. The summed E-state index contributed by atoms with van der Waals surface area (Å²) in [6.07, 6.45) is 3.92. The highest BCUT2D eigenvalue weighted by Gasteiger charge is 2.26. The Labute approximate surface area is 176 Å². The Hall–Kier alpha value is -2.09. The second-order valence-electron chi connectivity index (χ2n) is 6.60. The second kappa shape index (κ2) is 8.94. The van der Waals surface area contributed by atoms with E-state index in [1.807, 2.05) is 12.1 Å². The number of hydrogen-bond acceptors (Lipinski definition) is 5. The number of halogens is 2. The van der Waals surface area contributed by atoms with E-state index in [4.69, 9.17) is 8.83 Å². The van der Waals surface area contributed by atoms with E-state index in [1.165, 1.54) is 6.07 Å². The molecular formula is C20H20BrClN2O4. The van der Waals surface area contributed by atoms with Crippen molar-refractivity contribution in [2.75, 3.05) is 19.6 Å². The number of nitrogens with one attached hydrogen (secondary N) is 1. The minimum absolute atomic E-state index is 0. The predicted octanol–water partition coefficient (Wildman–Crippen LogP) is 4.14. The van der Waals surface area contributed by atoms with Gasteiger partial charge >= 0.3 is 0 Å². The van der Waals surface area contributed by atoms with E-state index >= 15 is 0 Å². The third-order valence-electron chi connectivity index (χ3n) is 4.82. The molecule has 1 saturated heterocycles. The number of nitrogens with zero attached hydrogens (tertiary/aromatic N) is 1. The molecule has 0 saturated carbocycles. The normalized spacial score (nSPS) is 15.3. The molecule has 28 heavy (non-hydrogen) atoms. The zero-order chi connectivity index (χ0) is 18.8.